The molecule has 0 radical (unpaired) electrons. The maximum absolute atomic E-state index is 12.0. The molecule has 0 atom stereocenters. The monoisotopic (exact) mass is 380 g/mol. The SMILES string of the molecule is COc1ccc(/C=C2N=C(/C=C\c3cccc([N+](=O)[O-])c3)OC/2=O)cc1OC. The lowest BCUT2D eigenvalue weighted by molar-refractivity contribution is -0.384. The summed E-state index contributed by atoms with van der Waals surface area (Å²) >= 11 is 0. The number of carbonyl (C=O) groups excluding carboxylic acids is 1. The number of ether oxygens (including phenoxy) is 3. The molecule has 0 saturated carbocycles. The van der Waals surface area contributed by atoms with E-state index >= 15 is 0 Å². The van der Waals surface area contributed by atoms with Gasteiger partial charge in [0, 0.05) is 18.2 Å². The lowest BCUT2D eigenvalue weighted by atomic mass is 10.1. The van der Waals surface area contributed by atoms with Gasteiger partial charge in [-0.15, -0.1) is 0 Å². The van der Waals surface area contributed by atoms with Crippen molar-refractivity contribution < 1.29 is 23.9 Å². The van der Waals surface area contributed by atoms with Crippen molar-refractivity contribution >= 4 is 29.7 Å². The second-order valence-electron chi connectivity index (χ2n) is 5.67. The van der Waals surface area contributed by atoms with Crippen molar-refractivity contribution in [2.75, 3.05) is 14.2 Å². The highest BCUT2D eigenvalue weighted by Crippen LogP contribution is 2.29. The number of methoxy groups -OCH3 is 2. The van der Waals surface area contributed by atoms with E-state index in [9.17, 15) is 14.9 Å². The number of rotatable bonds is 6. The molecular formula is C20H16N2O6. The van der Waals surface area contributed by atoms with E-state index < -0.39 is 10.9 Å². The molecule has 2 aromatic carbocycles. The normalized spacial score (nSPS) is 14.9. The Bertz CT molecular complexity index is 1020. The minimum atomic E-state index is -0.589. The number of carbonyl (C=O) groups is 1. The Kier molecular flexibility index (Phi) is 5.50. The maximum Gasteiger partial charge on any atom is 0.363 e. The second kappa shape index (κ2) is 8.17. The zero-order valence-electron chi connectivity index (χ0n) is 15.1. The molecule has 0 unspecified atom stereocenters. The van der Waals surface area contributed by atoms with Crippen molar-refractivity contribution in [3.8, 4) is 11.5 Å². The van der Waals surface area contributed by atoms with Gasteiger partial charge in [0.05, 0.1) is 19.1 Å². The van der Waals surface area contributed by atoms with Crippen LogP contribution < -0.4 is 9.47 Å². The first kappa shape index (κ1) is 18.8. The Hall–Kier alpha value is -3.94. The summed E-state index contributed by atoms with van der Waals surface area (Å²) in [7, 11) is 3.06. The third-order valence-corrected chi connectivity index (χ3v) is 3.85. The first-order valence-corrected chi connectivity index (χ1v) is 8.17. The average molecular weight is 380 g/mol. The Morgan fingerprint density at radius 2 is 1.82 bits per heavy atom. The molecule has 142 valence electrons. The molecule has 28 heavy (non-hydrogen) atoms. The van der Waals surface area contributed by atoms with Crippen LogP contribution in [0.5, 0.6) is 11.5 Å². The van der Waals surface area contributed by atoms with Crippen LogP contribution in [0.2, 0.25) is 0 Å². The summed E-state index contributed by atoms with van der Waals surface area (Å²) in [6, 6.07) is 11.3. The predicted molar refractivity (Wildman–Crippen MR) is 103 cm³/mol. The van der Waals surface area contributed by atoms with Crippen molar-refractivity contribution in [3.05, 3.63) is 75.5 Å². The number of hydrogen-bond acceptors (Lipinski definition) is 7. The molecule has 3 rings (SSSR count). The summed E-state index contributed by atoms with van der Waals surface area (Å²) in [6.07, 6.45) is 4.63. The molecule has 0 spiro atoms. The molecular weight excluding hydrogens is 364 g/mol. The van der Waals surface area contributed by atoms with Gasteiger partial charge in [0.25, 0.3) is 5.69 Å². The van der Waals surface area contributed by atoms with Crippen LogP contribution in [0.3, 0.4) is 0 Å². The first-order valence-electron chi connectivity index (χ1n) is 8.17. The summed E-state index contributed by atoms with van der Waals surface area (Å²) in [6.45, 7) is 0. The fraction of sp³-hybridized carbons (Fsp3) is 0.100. The van der Waals surface area contributed by atoms with Crippen molar-refractivity contribution in [1.82, 2.24) is 0 Å². The van der Waals surface area contributed by atoms with Crippen LogP contribution >= 0.6 is 0 Å². The van der Waals surface area contributed by atoms with Crippen LogP contribution in [0.1, 0.15) is 11.1 Å². The summed E-state index contributed by atoms with van der Waals surface area (Å²) < 4.78 is 15.5. The molecule has 0 N–H and O–H groups in total. The van der Waals surface area contributed by atoms with Crippen LogP contribution in [0.25, 0.3) is 12.2 Å². The number of benzene rings is 2. The van der Waals surface area contributed by atoms with E-state index in [1.165, 1.54) is 32.4 Å². The number of aliphatic imine (C=N–C) groups is 1. The number of hydrogen-bond donors (Lipinski definition) is 0. The average Bonchev–Trinajstić information content (AvgIpc) is 3.05. The molecule has 8 heteroatoms. The van der Waals surface area contributed by atoms with E-state index in [1.807, 2.05) is 0 Å². The van der Waals surface area contributed by atoms with Gasteiger partial charge >= 0.3 is 5.97 Å². The summed E-state index contributed by atoms with van der Waals surface area (Å²) in [5, 5.41) is 10.8. The Morgan fingerprint density at radius 3 is 2.54 bits per heavy atom. The third kappa shape index (κ3) is 4.24. The molecule has 0 aliphatic carbocycles. The highest BCUT2D eigenvalue weighted by molar-refractivity contribution is 6.11. The molecule has 1 aliphatic rings. The standard InChI is InChI=1S/C20H16N2O6/c1-26-17-8-6-14(12-18(17)27-2)11-16-20(23)28-19(21-16)9-7-13-4-3-5-15(10-13)22(24)25/h3-12H,1-2H3/b9-7-,16-11+. The van der Waals surface area contributed by atoms with Gasteiger partial charge < -0.3 is 14.2 Å². The smallest absolute Gasteiger partial charge is 0.363 e. The van der Waals surface area contributed by atoms with Gasteiger partial charge in [-0.2, -0.15) is 0 Å². The van der Waals surface area contributed by atoms with E-state index in [1.54, 1.807) is 42.5 Å². The molecule has 1 aliphatic heterocycles. The van der Waals surface area contributed by atoms with Gasteiger partial charge in [-0.1, -0.05) is 18.2 Å². The number of nitrogens with zero attached hydrogens (tertiary/aromatic N) is 2. The van der Waals surface area contributed by atoms with Gasteiger partial charge in [-0.05, 0) is 35.4 Å². The summed E-state index contributed by atoms with van der Waals surface area (Å²) in [5.74, 6) is 0.609. The van der Waals surface area contributed by atoms with E-state index in [0.29, 0.717) is 22.6 Å². The molecule has 8 nitrogen and oxygen atoms in total. The number of nitro groups is 1. The van der Waals surface area contributed by atoms with Crippen molar-refractivity contribution in [3.63, 3.8) is 0 Å². The molecule has 0 aromatic heterocycles. The van der Waals surface area contributed by atoms with Crippen LogP contribution in [-0.4, -0.2) is 31.0 Å². The predicted octanol–water partition coefficient (Wildman–Crippen LogP) is 3.62. The maximum atomic E-state index is 12.0. The minimum absolute atomic E-state index is 0.0263. The first-order chi connectivity index (χ1) is 13.5. The summed E-state index contributed by atoms with van der Waals surface area (Å²) in [4.78, 5) is 26.5. The fourth-order valence-corrected chi connectivity index (χ4v) is 2.51. The van der Waals surface area contributed by atoms with Crippen LogP contribution in [0, 0.1) is 10.1 Å². The summed E-state index contributed by atoms with van der Waals surface area (Å²) in [5.41, 5.74) is 1.38. The van der Waals surface area contributed by atoms with Crippen molar-refractivity contribution in [1.29, 1.82) is 0 Å². The zero-order chi connectivity index (χ0) is 20.1. The highest BCUT2D eigenvalue weighted by Gasteiger charge is 2.21. The van der Waals surface area contributed by atoms with Crippen LogP contribution in [0.15, 0.2) is 59.2 Å². The van der Waals surface area contributed by atoms with E-state index in [4.69, 9.17) is 14.2 Å². The van der Waals surface area contributed by atoms with E-state index in [2.05, 4.69) is 4.99 Å². The Morgan fingerprint density at radius 1 is 1.04 bits per heavy atom. The topological polar surface area (TPSA) is 100 Å². The Balaban J connectivity index is 1.82. The number of non-ortho nitro benzene ring substituents is 1. The molecule has 0 bridgehead atoms. The van der Waals surface area contributed by atoms with E-state index in [0.717, 1.165) is 0 Å². The number of nitro benzene ring substituents is 1. The third-order valence-electron chi connectivity index (χ3n) is 3.85. The second-order valence-corrected chi connectivity index (χ2v) is 5.67. The molecule has 0 saturated heterocycles. The van der Waals surface area contributed by atoms with Crippen LogP contribution in [-0.2, 0) is 9.53 Å². The minimum Gasteiger partial charge on any atom is -0.493 e. The van der Waals surface area contributed by atoms with E-state index in [-0.39, 0.29) is 17.3 Å². The highest BCUT2D eigenvalue weighted by atomic mass is 16.6. The van der Waals surface area contributed by atoms with Gasteiger partial charge in [0.2, 0.25) is 5.90 Å². The van der Waals surface area contributed by atoms with Gasteiger partial charge in [-0.25, -0.2) is 9.79 Å². The van der Waals surface area contributed by atoms with Gasteiger partial charge in [0.15, 0.2) is 17.2 Å². The van der Waals surface area contributed by atoms with Crippen molar-refractivity contribution in [2.24, 2.45) is 4.99 Å². The van der Waals surface area contributed by atoms with Crippen molar-refractivity contribution in [2.45, 2.75) is 0 Å². The fourth-order valence-electron chi connectivity index (χ4n) is 2.51. The zero-order valence-corrected chi connectivity index (χ0v) is 15.1. The lowest BCUT2D eigenvalue weighted by Gasteiger charge is -2.07. The van der Waals surface area contributed by atoms with Gasteiger partial charge in [0.1, 0.15) is 0 Å². The molecule has 1 heterocycles. The molecule has 2 aromatic rings. The number of cyclic esters (lactones) is 1. The largest absolute Gasteiger partial charge is 0.493 e. The molecule has 0 amide bonds. The lowest BCUT2D eigenvalue weighted by Crippen LogP contribution is -2.01. The number of esters is 1. The Labute approximate surface area is 160 Å². The van der Waals surface area contributed by atoms with Crippen LogP contribution in [0.4, 0.5) is 5.69 Å². The molecule has 0 fully saturated rings. The quantitative estimate of drug-likeness (QED) is 0.328. The van der Waals surface area contributed by atoms with Gasteiger partial charge in [-0.3, -0.25) is 10.1 Å².